The maximum Gasteiger partial charge on any atom is 0.227 e. The zero-order valence-corrected chi connectivity index (χ0v) is 13.6. The molecule has 122 valence electrons. The molecule has 6 heteroatoms. The van der Waals surface area contributed by atoms with E-state index in [0.29, 0.717) is 38.1 Å². The number of rotatable bonds is 4. The Morgan fingerprint density at radius 1 is 1.39 bits per heavy atom. The molecule has 1 N–H and O–H groups in total. The second-order valence-corrected chi connectivity index (χ2v) is 6.46. The Morgan fingerprint density at radius 2 is 2.26 bits per heavy atom. The molecule has 1 amide bonds. The van der Waals surface area contributed by atoms with Crippen LogP contribution in [0.2, 0.25) is 0 Å². The molecule has 0 spiro atoms. The van der Waals surface area contributed by atoms with E-state index in [4.69, 9.17) is 4.74 Å². The van der Waals surface area contributed by atoms with Crippen molar-refractivity contribution in [1.29, 1.82) is 0 Å². The van der Waals surface area contributed by atoms with Crippen LogP contribution < -0.4 is 4.74 Å². The van der Waals surface area contributed by atoms with Gasteiger partial charge in [0.25, 0.3) is 0 Å². The number of carbonyl (C=O) groups excluding carboxylic acids is 1. The molecular weight excluding hydrogens is 312 g/mol. The highest BCUT2D eigenvalue weighted by atomic mass is 32.1. The normalized spacial score (nSPS) is 21.7. The Balaban J connectivity index is 1.58. The van der Waals surface area contributed by atoms with Gasteiger partial charge in [0.15, 0.2) is 0 Å². The summed E-state index contributed by atoms with van der Waals surface area (Å²) in [4.78, 5) is 18.2. The number of aliphatic hydroxyl groups excluding tert-OH is 1. The highest BCUT2D eigenvalue weighted by molar-refractivity contribution is 7.07. The van der Waals surface area contributed by atoms with Gasteiger partial charge in [-0.25, -0.2) is 0 Å². The summed E-state index contributed by atoms with van der Waals surface area (Å²) in [6.07, 6.45) is 4.00. The molecule has 1 fully saturated rings. The standard InChI is InChI=1S/C17H20N2O3S/c20-15-3-7-19(17(21)10-13-5-9-23-12-13)8-4-16(15)22-14-2-1-6-18-11-14/h1-2,5-6,9,11-12,15-16,20H,3-4,7-8,10H2/t15-,16-/m0/s1. The average molecular weight is 332 g/mol. The number of hydrogen-bond acceptors (Lipinski definition) is 5. The number of hydrogen-bond donors (Lipinski definition) is 1. The molecule has 1 aliphatic rings. The minimum Gasteiger partial charge on any atom is -0.486 e. The second-order valence-electron chi connectivity index (χ2n) is 5.68. The van der Waals surface area contributed by atoms with E-state index in [1.165, 1.54) is 0 Å². The van der Waals surface area contributed by atoms with Crippen molar-refractivity contribution >= 4 is 17.2 Å². The first-order valence-electron chi connectivity index (χ1n) is 7.76. The zero-order valence-electron chi connectivity index (χ0n) is 12.8. The highest BCUT2D eigenvalue weighted by Gasteiger charge is 2.28. The van der Waals surface area contributed by atoms with Gasteiger partial charge >= 0.3 is 0 Å². The van der Waals surface area contributed by atoms with Crippen molar-refractivity contribution in [3.8, 4) is 5.75 Å². The van der Waals surface area contributed by atoms with Crippen LogP contribution in [0.3, 0.4) is 0 Å². The van der Waals surface area contributed by atoms with E-state index in [-0.39, 0.29) is 12.0 Å². The lowest BCUT2D eigenvalue weighted by Gasteiger charge is -2.21. The monoisotopic (exact) mass is 332 g/mol. The van der Waals surface area contributed by atoms with Crippen LogP contribution in [0.1, 0.15) is 18.4 Å². The highest BCUT2D eigenvalue weighted by Crippen LogP contribution is 2.19. The summed E-state index contributed by atoms with van der Waals surface area (Å²) in [7, 11) is 0. The predicted molar refractivity (Wildman–Crippen MR) is 88.5 cm³/mol. The smallest absolute Gasteiger partial charge is 0.227 e. The summed E-state index contributed by atoms with van der Waals surface area (Å²) < 4.78 is 5.83. The minimum atomic E-state index is -0.575. The van der Waals surface area contributed by atoms with Gasteiger partial charge in [0.05, 0.1) is 18.7 Å². The molecule has 3 heterocycles. The van der Waals surface area contributed by atoms with Crippen molar-refractivity contribution in [2.75, 3.05) is 13.1 Å². The molecule has 5 nitrogen and oxygen atoms in total. The molecule has 3 rings (SSSR count). The van der Waals surface area contributed by atoms with Gasteiger partial charge < -0.3 is 14.7 Å². The summed E-state index contributed by atoms with van der Waals surface area (Å²) in [5.41, 5.74) is 1.05. The largest absolute Gasteiger partial charge is 0.486 e. The van der Waals surface area contributed by atoms with E-state index in [9.17, 15) is 9.90 Å². The number of carbonyl (C=O) groups is 1. The Kier molecular flexibility index (Phi) is 5.25. The molecule has 1 aliphatic heterocycles. The molecule has 1 saturated heterocycles. The van der Waals surface area contributed by atoms with Crippen molar-refractivity contribution in [2.45, 2.75) is 31.5 Å². The van der Waals surface area contributed by atoms with Gasteiger partial charge in [0.1, 0.15) is 11.9 Å². The molecule has 0 radical (unpaired) electrons. The maximum absolute atomic E-state index is 12.4. The quantitative estimate of drug-likeness (QED) is 0.931. The first-order valence-corrected chi connectivity index (χ1v) is 8.70. The lowest BCUT2D eigenvalue weighted by Crippen LogP contribution is -2.33. The number of nitrogens with zero attached hydrogens (tertiary/aromatic N) is 2. The van der Waals surface area contributed by atoms with Crippen LogP contribution >= 0.6 is 11.3 Å². The van der Waals surface area contributed by atoms with Crippen LogP contribution in [-0.4, -0.2) is 46.2 Å². The molecule has 2 aromatic heterocycles. The van der Waals surface area contributed by atoms with E-state index < -0.39 is 6.10 Å². The predicted octanol–water partition coefficient (Wildman–Crippen LogP) is 2.12. The van der Waals surface area contributed by atoms with E-state index in [1.54, 1.807) is 29.8 Å². The van der Waals surface area contributed by atoms with Gasteiger partial charge in [-0.2, -0.15) is 11.3 Å². The Bertz CT molecular complexity index is 618. The minimum absolute atomic E-state index is 0.109. The van der Waals surface area contributed by atoms with Crippen LogP contribution in [0.25, 0.3) is 0 Å². The van der Waals surface area contributed by atoms with Crippen molar-refractivity contribution < 1.29 is 14.6 Å². The van der Waals surface area contributed by atoms with Crippen molar-refractivity contribution in [2.24, 2.45) is 0 Å². The van der Waals surface area contributed by atoms with E-state index >= 15 is 0 Å². The van der Waals surface area contributed by atoms with Gasteiger partial charge in [0, 0.05) is 25.7 Å². The van der Waals surface area contributed by atoms with Gasteiger partial charge in [-0.1, -0.05) is 0 Å². The van der Waals surface area contributed by atoms with Gasteiger partial charge in [0.2, 0.25) is 5.91 Å². The molecule has 2 atom stereocenters. The summed E-state index contributed by atoms with van der Waals surface area (Å²) in [6.45, 7) is 1.17. The molecule has 0 saturated carbocycles. The van der Waals surface area contributed by atoms with E-state index in [0.717, 1.165) is 5.56 Å². The van der Waals surface area contributed by atoms with Crippen LogP contribution in [-0.2, 0) is 11.2 Å². The van der Waals surface area contributed by atoms with Crippen molar-refractivity contribution in [1.82, 2.24) is 9.88 Å². The first kappa shape index (κ1) is 16.0. The Hall–Kier alpha value is -1.92. The SMILES string of the molecule is O=C(Cc1ccsc1)N1CC[C@H](Oc2cccnc2)[C@@H](O)CC1. The maximum atomic E-state index is 12.4. The summed E-state index contributed by atoms with van der Waals surface area (Å²) in [5.74, 6) is 0.757. The molecule has 0 bridgehead atoms. The number of amides is 1. The Labute approximate surface area is 139 Å². The van der Waals surface area contributed by atoms with Crippen LogP contribution in [0.4, 0.5) is 0 Å². The number of aliphatic hydroxyl groups is 1. The molecular formula is C17H20N2O3S. The van der Waals surface area contributed by atoms with Crippen LogP contribution in [0.5, 0.6) is 5.75 Å². The third kappa shape index (κ3) is 4.30. The van der Waals surface area contributed by atoms with Crippen LogP contribution in [0, 0.1) is 0 Å². The van der Waals surface area contributed by atoms with E-state index in [2.05, 4.69) is 4.98 Å². The molecule has 0 aliphatic carbocycles. The van der Waals surface area contributed by atoms with Gasteiger partial charge in [-0.05, 0) is 40.9 Å². The number of thiophene rings is 1. The zero-order chi connectivity index (χ0) is 16.1. The molecule has 2 aromatic rings. The van der Waals surface area contributed by atoms with Crippen molar-refractivity contribution in [3.05, 3.63) is 46.9 Å². The van der Waals surface area contributed by atoms with Gasteiger partial charge in [-0.15, -0.1) is 0 Å². The summed E-state index contributed by atoms with van der Waals surface area (Å²) in [6, 6.07) is 5.60. The van der Waals surface area contributed by atoms with Gasteiger partial charge in [-0.3, -0.25) is 9.78 Å². The number of aromatic nitrogens is 1. The number of pyridine rings is 1. The lowest BCUT2D eigenvalue weighted by atomic mass is 10.1. The molecule has 0 aromatic carbocycles. The third-order valence-corrected chi connectivity index (χ3v) is 4.75. The number of ether oxygens (including phenoxy) is 1. The summed E-state index contributed by atoms with van der Waals surface area (Å²) in [5, 5.41) is 14.3. The fourth-order valence-electron chi connectivity index (χ4n) is 2.72. The third-order valence-electron chi connectivity index (χ3n) is 4.02. The second kappa shape index (κ2) is 7.57. The van der Waals surface area contributed by atoms with E-state index in [1.807, 2.05) is 27.8 Å². The lowest BCUT2D eigenvalue weighted by molar-refractivity contribution is -0.130. The average Bonchev–Trinajstić information content (AvgIpc) is 3.00. The van der Waals surface area contributed by atoms with Crippen molar-refractivity contribution in [3.63, 3.8) is 0 Å². The molecule has 0 unspecified atom stereocenters. The number of likely N-dealkylation sites (tertiary alicyclic amines) is 1. The Morgan fingerprint density at radius 3 is 3.00 bits per heavy atom. The topological polar surface area (TPSA) is 62.7 Å². The van der Waals surface area contributed by atoms with Crippen LogP contribution in [0.15, 0.2) is 41.4 Å². The molecule has 23 heavy (non-hydrogen) atoms. The fourth-order valence-corrected chi connectivity index (χ4v) is 3.39. The fraction of sp³-hybridized carbons (Fsp3) is 0.412. The first-order chi connectivity index (χ1) is 11.2. The summed E-state index contributed by atoms with van der Waals surface area (Å²) >= 11 is 1.60.